The lowest BCUT2D eigenvalue weighted by Gasteiger charge is -2.38. The van der Waals surface area contributed by atoms with Crippen molar-refractivity contribution in [2.45, 2.75) is 51.5 Å². The van der Waals surface area contributed by atoms with Gasteiger partial charge < -0.3 is 4.74 Å². The first-order chi connectivity index (χ1) is 9.16. The molecule has 0 saturated heterocycles. The Hall–Kier alpha value is -1.35. The van der Waals surface area contributed by atoms with Crippen LogP contribution in [0.25, 0.3) is 0 Å². The smallest absolute Gasteiger partial charge is 0.327 e. The van der Waals surface area contributed by atoms with Crippen molar-refractivity contribution in [3.63, 3.8) is 0 Å². The van der Waals surface area contributed by atoms with Crippen LogP contribution in [0.1, 0.15) is 57.4 Å². The highest BCUT2D eigenvalue weighted by Crippen LogP contribution is 2.37. The van der Waals surface area contributed by atoms with Crippen molar-refractivity contribution in [1.29, 1.82) is 0 Å². The van der Waals surface area contributed by atoms with E-state index in [0.29, 0.717) is 0 Å². The van der Waals surface area contributed by atoms with Crippen LogP contribution < -0.4 is 5.32 Å². The molecule has 3 nitrogen and oxygen atoms in total. The van der Waals surface area contributed by atoms with Crippen molar-refractivity contribution < 1.29 is 9.53 Å². The molecule has 2 rings (SSSR count). The number of hydrogen-bond acceptors (Lipinski definition) is 3. The molecule has 0 amide bonds. The fourth-order valence-electron chi connectivity index (χ4n) is 2.77. The summed E-state index contributed by atoms with van der Waals surface area (Å²) in [4.78, 5) is 12.0. The highest BCUT2D eigenvalue weighted by molar-refractivity contribution is 5.79. The van der Waals surface area contributed by atoms with E-state index in [0.717, 1.165) is 12.1 Å². The second-order valence-corrected chi connectivity index (χ2v) is 7.27. The molecule has 1 aliphatic heterocycles. The summed E-state index contributed by atoms with van der Waals surface area (Å²) in [5, 5.41) is 3.32. The topological polar surface area (TPSA) is 38.3 Å². The van der Waals surface area contributed by atoms with Gasteiger partial charge in [0.2, 0.25) is 0 Å². The van der Waals surface area contributed by atoms with Gasteiger partial charge in [0.15, 0.2) is 0 Å². The standard InChI is InChI=1S/C17H25NO2/c1-16(2,3)11-7-8-13-12(9-11)14(15(19)20-6)18-10-17(13,4)5/h7-9,14,18H,10H2,1-6H3. The quantitative estimate of drug-likeness (QED) is 0.800. The van der Waals surface area contributed by atoms with E-state index in [1.807, 2.05) is 0 Å². The van der Waals surface area contributed by atoms with Gasteiger partial charge in [-0.05, 0) is 22.1 Å². The minimum absolute atomic E-state index is 0.0241. The number of carbonyl (C=O) groups is 1. The van der Waals surface area contributed by atoms with E-state index in [4.69, 9.17) is 4.74 Å². The van der Waals surface area contributed by atoms with E-state index in [1.165, 1.54) is 18.2 Å². The molecule has 1 aliphatic rings. The van der Waals surface area contributed by atoms with Crippen LogP contribution in [0.2, 0.25) is 0 Å². The number of ether oxygens (including phenoxy) is 1. The number of hydrogen-bond donors (Lipinski definition) is 1. The SMILES string of the molecule is COC(=O)C1NCC(C)(C)c2ccc(C(C)(C)C)cc21. The zero-order chi connectivity index (χ0) is 15.1. The van der Waals surface area contributed by atoms with Gasteiger partial charge in [-0.3, -0.25) is 5.32 Å². The zero-order valence-corrected chi connectivity index (χ0v) is 13.3. The Morgan fingerprint density at radius 2 is 2.00 bits per heavy atom. The molecular weight excluding hydrogens is 250 g/mol. The zero-order valence-electron chi connectivity index (χ0n) is 13.3. The predicted octanol–water partition coefficient (Wildman–Crippen LogP) is 3.08. The number of benzene rings is 1. The summed E-state index contributed by atoms with van der Waals surface area (Å²) in [5.41, 5.74) is 3.62. The van der Waals surface area contributed by atoms with E-state index in [2.05, 4.69) is 58.1 Å². The number of methoxy groups -OCH3 is 1. The Morgan fingerprint density at radius 1 is 1.35 bits per heavy atom. The average Bonchev–Trinajstić information content (AvgIpc) is 2.36. The molecular formula is C17H25NO2. The Kier molecular flexibility index (Phi) is 3.67. The fourth-order valence-corrected chi connectivity index (χ4v) is 2.77. The van der Waals surface area contributed by atoms with Crippen LogP contribution in [0, 0.1) is 0 Å². The maximum absolute atomic E-state index is 12.0. The molecule has 0 saturated carbocycles. The van der Waals surface area contributed by atoms with E-state index < -0.39 is 0 Å². The minimum atomic E-state index is -0.356. The van der Waals surface area contributed by atoms with Gasteiger partial charge in [0.1, 0.15) is 6.04 Å². The maximum atomic E-state index is 12.0. The number of nitrogens with one attached hydrogen (secondary N) is 1. The van der Waals surface area contributed by atoms with Crippen molar-refractivity contribution in [2.24, 2.45) is 0 Å². The van der Waals surface area contributed by atoms with Gasteiger partial charge >= 0.3 is 5.97 Å². The van der Waals surface area contributed by atoms with Crippen molar-refractivity contribution in [1.82, 2.24) is 5.32 Å². The molecule has 1 aromatic carbocycles. The average molecular weight is 275 g/mol. The van der Waals surface area contributed by atoms with E-state index in [1.54, 1.807) is 0 Å². The Labute approximate surface area is 121 Å². The summed E-state index contributed by atoms with van der Waals surface area (Å²) < 4.78 is 4.94. The van der Waals surface area contributed by atoms with Gasteiger partial charge in [-0.2, -0.15) is 0 Å². The molecule has 1 N–H and O–H groups in total. The number of carbonyl (C=O) groups excluding carboxylic acids is 1. The van der Waals surface area contributed by atoms with Gasteiger partial charge in [0, 0.05) is 12.0 Å². The first kappa shape index (κ1) is 15.0. The Balaban J connectivity index is 2.57. The third kappa shape index (κ3) is 2.59. The number of esters is 1. The van der Waals surface area contributed by atoms with Gasteiger partial charge in [0.05, 0.1) is 7.11 Å². The minimum Gasteiger partial charge on any atom is -0.468 e. The van der Waals surface area contributed by atoms with Crippen molar-refractivity contribution in [2.75, 3.05) is 13.7 Å². The monoisotopic (exact) mass is 275 g/mol. The van der Waals surface area contributed by atoms with Crippen LogP contribution >= 0.6 is 0 Å². The Bertz CT molecular complexity index is 526. The highest BCUT2D eigenvalue weighted by Gasteiger charge is 2.36. The van der Waals surface area contributed by atoms with E-state index >= 15 is 0 Å². The highest BCUT2D eigenvalue weighted by atomic mass is 16.5. The molecule has 0 radical (unpaired) electrons. The molecule has 0 bridgehead atoms. The van der Waals surface area contributed by atoms with Crippen LogP contribution in [0.3, 0.4) is 0 Å². The molecule has 0 fully saturated rings. The molecule has 20 heavy (non-hydrogen) atoms. The van der Waals surface area contributed by atoms with Crippen LogP contribution in [-0.4, -0.2) is 19.6 Å². The van der Waals surface area contributed by atoms with Gasteiger partial charge in [-0.15, -0.1) is 0 Å². The summed E-state index contributed by atoms with van der Waals surface area (Å²) in [6, 6.07) is 6.16. The van der Waals surface area contributed by atoms with Gasteiger partial charge in [-0.25, -0.2) is 4.79 Å². The lowest BCUT2D eigenvalue weighted by molar-refractivity contribution is -0.143. The van der Waals surface area contributed by atoms with Gasteiger partial charge in [-0.1, -0.05) is 52.8 Å². The van der Waals surface area contributed by atoms with Crippen LogP contribution in [0.15, 0.2) is 18.2 Å². The molecule has 110 valence electrons. The molecule has 1 atom stereocenters. The van der Waals surface area contributed by atoms with Crippen LogP contribution in [0.4, 0.5) is 0 Å². The largest absolute Gasteiger partial charge is 0.468 e. The van der Waals surface area contributed by atoms with Crippen LogP contribution in [-0.2, 0) is 20.4 Å². The molecule has 1 unspecified atom stereocenters. The predicted molar refractivity (Wildman–Crippen MR) is 80.9 cm³/mol. The summed E-state index contributed by atoms with van der Waals surface area (Å²) in [5.74, 6) is -0.215. The second kappa shape index (κ2) is 4.88. The molecule has 0 spiro atoms. The van der Waals surface area contributed by atoms with Crippen molar-refractivity contribution >= 4 is 5.97 Å². The van der Waals surface area contributed by atoms with Crippen molar-refractivity contribution in [3.8, 4) is 0 Å². The lowest BCUT2D eigenvalue weighted by atomic mass is 9.74. The molecule has 0 aliphatic carbocycles. The molecule has 1 aromatic rings. The summed E-state index contributed by atoms with van der Waals surface area (Å²) in [6.45, 7) is 11.7. The third-order valence-electron chi connectivity index (χ3n) is 4.14. The van der Waals surface area contributed by atoms with E-state index in [9.17, 15) is 4.79 Å². The van der Waals surface area contributed by atoms with Crippen LogP contribution in [0.5, 0.6) is 0 Å². The molecule has 0 aromatic heterocycles. The summed E-state index contributed by atoms with van der Waals surface area (Å²) in [6.07, 6.45) is 0. The summed E-state index contributed by atoms with van der Waals surface area (Å²) in [7, 11) is 1.44. The fraction of sp³-hybridized carbons (Fsp3) is 0.588. The summed E-state index contributed by atoms with van der Waals surface area (Å²) >= 11 is 0. The first-order valence-corrected chi connectivity index (χ1v) is 7.13. The number of fused-ring (bicyclic) bond motifs is 1. The first-order valence-electron chi connectivity index (χ1n) is 7.13. The number of rotatable bonds is 1. The van der Waals surface area contributed by atoms with Crippen molar-refractivity contribution in [3.05, 3.63) is 34.9 Å². The second-order valence-electron chi connectivity index (χ2n) is 7.27. The Morgan fingerprint density at radius 3 is 2.55 bits per heavy atom. The molecule has 1 heterocycles. The van der Waals surface area contributed by atoms with E-state index in [-0.39, 0.29) is 22.8 Å². The maximum Gasteiger partial charge on any atom is 0.327 e. The van der Waals surface area contributed by atoms with Gasteiger partial charge in [0.25, 0.3) is 0 Å². The normalized spacial score (nSPS) is 21.2. The third-order valence-corrected chi connectivity index (χ3v) is 4.14. The lowest BCUT2D eigenvalue weighted by Crippen LogP contribution is -2.45. The molecule has 3 heteroatoms.